The lowest BCUT2D eigenvalue weighted by molar-refractivity contribution is 0.390. The quantitative estimate of drug-likeness (QED) is 0.915. The molecule has 0 atom stereocenters. The van der Waals surface area contributed by atoms with Crippen molar-refractivity contribution < 1.29 is 9.47 Å². The largest absolute Gasteiger partial charge is 0.496 e. The smallest absolute Gasteiger partial charge is 0.133 e. The van der Waals surface area contributed by atoms with Crippen LogP contribution in [0, 0.1) is 6.92 Å². The van der Waals surface area contributed by atoms with Crippen molar-refractivity contribution in [2.24, 2.45) is 5.73 Å². The number of pyridine rings is 1. The first-order valence-electron chi connectivity index (χ1n) is 6.07. The molecule has 2 rings (SSSR count). The van der Waals surface area contributed by atoms with E-state index in [4.69, 9.17) is 15.2 Å². The summed E-state index contributed by atoms with van der Waals surface area (Å²) in [4.78, 5) is 4.11. The number of hydrogen-bond donors (Lipinski definition) is 1. The van der Waals surface area contributed by atoms with Crippen LogP contribution in [-0.2, 0) is 6.54 Å². The van der Waals surface area contributed by atoms with Gasteiger partial charge in [0.2, 0.25) is 0 Å². The molecule has 4 nitrogen and oxygen atoms in total. The summed E-state index contributed by atoms with van der Waals surface area (Å²) >= 11 is 0. The van der Waals surface area contributed by atoms with Crippen LogP contribution in [0.4, 0.5) is 0 Å². The van der Waals surface area contributed by atoms with Gasteiger partial charge in [-0.15, -0.1) is 0 Å². The van der Waals surface area contributed by atoms with Crippen molar-refractivity contribution in [1.82, 2.24) is 4.98 Å². The second kappa shape index (κ2) is 5.71. The summed E-state index contributed by atoms with van der Waals surface area (Å²) in [6, 6.07) is 5.87. The van der Waals surface area contributed by atoms with Crippen molar-refractivity contribution >= 4 is 0 Å². The molecule has 0 radical (unpaired) electrons. The molecule has 2 aromatic rings. The maximum atomic E-state index is 5.77. The SMILES string of the molecule is COc1ccc(-c2ccncc2CN)c(OC)c1C. The third-order valence-electron chi connectivity index (χ3n) is 3.19. The zero-order chi connectivity index (χ0) is 13.8. The van der Waals surface area contributed by atoms with E-state index in [0.29, 0.717) is 6.54 Å². The van der Waals surface area contributed by atoms with Crippen LogP contribution in [0.5, 0.6) is 11.5 Å². The van der Waals surface area contributed by atoms with Gasteiger partial charge in [-0.1, -0.05) is 0 Å². The summed E-state index contributed by atoms with van der Waals surface area (Å²) in [5.74, 6) is 1.62. The van der Waals surface area contributed by atoms with Gasteiger partial charge in [0.15, 0.2) is 0 Å². The topological polar surface area (TPSA) is 57.4 Å². The monoisotopic (exact) mass is 258 g/mol. The van der Waals surface area contributed by atoms with Crippen LogP contribution < -0.4 is 15.2 Å². The van der Waals surface area contributed by atoms with Crippen LogP contribution in [0.1, 0.15) is 11.1 Å². The molecule has 0 unspecified atom stereocenters. The lowest BCUT2D eigenvalue weighted by atomic mass is 9.98. The highest BCUT2D eigenvalue weighted by Gasteiger charge is 2.14. The number of rotatable bonds is 4. The van der Waals surface area contributed by atoms with Crippen LogP contribution in [-0.4, -0.2) is 19.2 Å². The maximum Gasteiger partial charge on any atom is 0.133 e. The molecular formula is C15H18N2O2. The van der Waals surface area contributed by atoms with Gasteiger partial charge in [-0.2, -0.15) is 0 Å². The lowest BCUT2D eigenvalue weighted by Gasteiger charge is -2.16. The summed E-state index contributed by atoms with van der Waals surface area (Å²) in [5.41, 5.74) is 9.78. The molecule has 0 aliphatic rings. The number of ether oxygens (including phenoxy) is 2. The van der Waals surface area contributed by atoms with Crippen LogP contribution in [0.25, 0.3) is 11.1 Å². The van der Waals surface area contributed by atoms with Crippen molar-refractivity contribution in [1.29, 1.82) is 0 Å². The fourth-order valence-corrected chi connectivity index (χ4v) is 2.22. The molecule has 0 spiro atoms. The predicted molar refractivity (Wildman–Crippen MR) is 75.4 cm³/mol. The maximum absolute atomic E-state index is 5.77. The van der Waals surface area contributed by atoms with Crippen molar-refractivity contribution in [2.75, 3.05) is 14.2 Å². The molecule has 0 aliphatic carbocycles. The van der Waals surface area contributed by atoms with Gasteiger partial charge in [0.05, 0.1) is 14.2 Å². The molecule has 1 aromatic heterocycles. The number of hydrogen-bond acceptors (Lipinski definition) is 4. The Morgan fingerprint density at radius 2 is 1.89 bits per heavy atom. The molecule has 0 bridgehead atoms. The fourth-order valence-electron chi connectivity index (χ4n) is 2.22. The Balaban J connectivity index is 2.65. The van der Waals surface area contributed by atoms with E-state index in [1.54, 1.807) is 26.6 Å². The summed E-state index contributed by atoms with van der Waals surface area (Å²) in [6.07, 6.45) is 3.54. The molecule has 2 N–H and O–H groups in total. The Labute approximate surface area is 113 Å². The number of benzene rings is 1. The lowest BCUT2D eigenvalue weighted by Crippen LogP contribution is -2.01. The standard InChI is InChI=1S/C15H18N2O2/c1-10-14(18-2)5-4-13(15(10)19-3)12-6-7-17-9-11(12)8-16/h4-7,9H,8,16H2,1-3H3. The van der Waals surface area contributed by atoms with E-state index in [0.717, 1.165) is 33.8 Å². The number of nitrogens with zero attached hydrogens (tertiary/aromatic N) is 1. The van der Waals surface area contributed by atoms with Gasteiger partial charge in [-0.05, 0) is 36.2 Å². The Kier molecular flexibility index (Phi) is 4.02. The molecule has 1 heterocycles. The molecule has 0 fully saturated rings. The molecule has 100 valence electrons. The van der Waals surface area contributed by atoms with Gasteiger partial charge in [-0.25, -0.2) is 0 Å². The van der Waals surface area contributed by atoms with Gasteiger partial charge in [0.1, 0.15) is 11.5 Å². The molecule has 0 saturated carbocycles. The molecule has 19 heavy (non-hydrogen) atoms. The normalized spacial score (nSPS) is 10.3. The third-order valence-corrected chi connectivity index (χ3v) is 3.19. The molecular weight excluding hydrogens is 240 g/mol. The zero-order valence-corrected chi connectivity index (χ0v) is 11.4. The Hall–Kier alpha value is -2.07. The van der Waals surface area contributed by atoms with Crippen molar-refractivity contribution in [3.8, 4) is 22.6 Å². The minimum Gasteiger partial charge on any atom is -0.496 e. The van der Waals surface area contributed by atoms with Crippen LogP contribution in [0.3, 0.4) is 0 Å². The number of aromatic nitrogens is 1. The first-order valence-corrected chi connectivity index (χ1v) is 6.07. The molecule has 0 saturated heterocycles. The minimum absolute atomic E-state index is 0.442. The molecule has 4 heteroatoms. The van der Waals surface area contributed by atoms with E-state index in [9.17, 15) is 0 Å². The Morgan fingerprint density at radius 1 is 1.11 bits per heavy atom. The van der Waals surface area contributed by atoms with Gasteiger partial charge in [0.25, 0.3) is 0 Å². The minimum atomic E-state index is 0.442. The highest BCUT2D eigenvalue weighted by Crippen LogP contribution is 2.38. The average molecular weight is 258 g/mol. The van der Waals surface area contributed by atoms with E-state index < -0.39 is 0 Å². The molecule has 1 aromatic carbocycles. The fraction of sp³-hybridized carbons (Fsp3) is 0.267. The van der Waals surface area contributed by atoms with E-state index >= 15 is 0 Å². The van der Waals surface area contributed by atoms with Gasteiger partial charge in [-0.3, -0.25) is 4.98 Å². The van der Waals surface area contributed by atoms with Gasteiger partial charge in [0, 0.05) is 30.1 Å². The summed E-state index contributed by atoms with van der Waals surface area (Å²) in [5, 5.41) is 0. The van der Waals surface area contributed by atoms with Crippen LogP contribution >= 0.6 is 0 Å². The zero-order valence-electron chi connectivity index (χ0n) is 11.4. The first-order chi connectivity index (χ1) is 9.22. The van der Waals surface area contributed by atoms with Crippen molar-refractivity contribution in [2.45, 2.75) is 13.5 Å². The second-order valence-corrected chi connectivity index (χ2v) is 4.21. The van der Waals surface area contributed by atoms with Crippen LogP contribution in [0.2, 0.25) is 0 Å². The Bertz CT molecular complexity index is 582. The predicted octanol–water partition coefficient (Wildman–Crippen LogP) is 2.53. The highest BCUT2D eigenvalue weighted by atomic mass is 16.5. The van der Waals surface area contributed by atoms with Crippen molar-refractivity contribution in [3.63, 3.8) is 0 Å². The molecule has 0 amide bonds. The summed E-state index contributed by atoms with van der Waals surface area (Å²) in [7, 11) is 3.31. The first kappa shape index (κ1) is 13.4. The number of nitrogens with two attached hydrogens (primary N) is 1. The molecule has 0 aliphatic heterocycles. The summed E-state index contributed by atoms with van der Waals surface area (Å²) < 4.78 is 10.8. The van der Waals surface area contributed by atoms with Crippen LogP contribution in [0.15, 0.2) is 30.6 Å². The average Bonchev–Trinajstić information content (AvgIpc) is 2.46. The Morgan fingerprint density at radius 3 is 2.53 bits per heavy atom. The number of methoxy groups -OCH3 is 2. The van der Waals surface area contributed by atoms with Gasteiger partial charge < -0.3 is 15.2 Å². The van der Waals surface area contributed by atoms with Crippen molar-refractivity contribution in [3.05, 3.63) is 41.7 Å². The van der Waals surface area contributed by atoms with Gasteiger partial charge >= 0.3 is 0 Å². The third kappa shape index (κ3) is 2.39. The second-order valence-electron chi connectivity index (χ2n) is 4.21. The summed E-state index contributed by atoms with van der Waals surface area (Å²) in [6.45, 7) is 2.42. The van der Waals surface area contributed by atoms with E-state index in [-0.39, 0.29) is 0 Å². The van der Waals surface area contributed by atoms with E-state index in [2.05, 4.69) is 4.98 Å². The van der Waals surface area contributed by atoms with E-state index in [1.807, 2.05) is 25.1 Å². The van der Waals surface area contributed by atoms with E-state index in [1.165, 1.54) is 0 Å². The highest BCUT2D eigenvalue weighted by molar-refractivity contribution is 5.76.